The number of anilines is 4. The minimum atomic E-state index is -3.74. The quantitative estimate of drug-likeness (QED) is 0.0503. The molecule has 0 aliphatic carbocycles. The zero-order valence-corrected chi connectivity index (χ0v) is 61.7. The van der Waals surface area contributed by atoms with Crippen LogP contribution in [0.4, 0.5) is 21.8 Å². The van der Waals surface area contributed by atoms with E-state index in [-0.39, 0.29) is 79.2 Å². The number of halogens is 3. The summed E-state index contributed by atoms with van der Waals surface area (Å²) in [4.78, 5) is 60.6. The molecule has 2 atom stereocenters. The maximum absolute atomic E-state index is 13.2. The van der Waals surface area contributed by atoms with Crippen molar-refractivity contribution in [3.63, 3.8) is 0 Å². The Kier molecular flexibility index (Phi) is 23.4. The van der Waals surface area contributed by atoms with Crippen LogP contribution in [0.2, 0.25) is 15.1 Å². The first-order valence-corrected chi connectivity index (χ1v) is 40.1. The van der Waals surface area contributed by atoms with Gasteiger partial charge in [-0.2, -0.15) is 0 Å². The summed E-state index contributed by atoms with van der Waals surface area (Å²) in [7, 11) is -11.1. The predicted octanol–water partition coefficient (Wildman–Crippen LogP) is 14.0. The lowest BCUT2D eigenvalue weighted by Crippen LogP contribution is -2.57. The van der Waals surface area contributed by atoms with Crippen LogP contribution in [0, 0.1) is 0 Å². The molecular weight excluding hydrogens is 1480 g/mol. The Hall–Kier alpha value is -9.01. The van der Waals surface area contributed by atoms with Crippen molar-refractivity contribution in [2.45, 2.75) is 77.8 Å². The number of carbonyl (C=O) groups is 3. The average molecular weight is 1560 g/mol. The van der Waals surface area contributed by atoms with Gasteiger partial charge in [-0.1, -0.05) is 89.4 Å². The van der Waals surface area contributed by atoms with E-state index in [0.717, 1.165) is 64.3 Å². The number of sulfonamides is 3. The van der Waals surface area contributed by atoms with Gasteiger partial charge in [0.15, 0.2) is 10.3 Å². The van der Waals surface area contributed by atoms with E-state index < -0.39 is 36.1 Å². The molecule has 0 unspecified atom stereocenters. The fraction of sp³-hybridized carbons (Fsp3) is 0.254. The Morgan fingerprint density at radius 2 is 1.18 bits per heavy atom. The lowest BCUT2D eigenvalue weighted by molar-refractivity contribution is -0.136. The number of likely N-dealkylation sites (tertiary alicyclic amines) is 1. The molecule has 3 amide bonds. The Bertz CT molecular complexity index is 5150. The van der Waals surface area contributed by atoms with E-state index >= 15 is 0 Å². The van der Waals surface area contributed by atoms with E-state index in [1.165, 1.54) is 59.6 Å². The summed E-state index contributed by atoms with van der Waals surface area (Å²) < 4.78 is 86.7. The highest BCUT2D eigenvalue weighted by atomic mass is 35.5. The number of aliphatic hydroxyl groups is 1. The first-order chi connectivity index (χ1) is 49.6. The number of fused-ring (bicyclic) bond motifs is 2. The molecular formula is C71H85Cl3N14O10S5. The molecule has 5 N–H and O–H groups in total. The van der Waals surface area contributed by atoms with Crippen LogP contribution in [0.3, 0.4) is 0 Å². The SMILES string of the molecule is C[C@@H](C(=O)N1CCC(c2ccc(S(=O)(=O)Nc3ccncn3)cc2)CC1)n1ccc2ccccc21.O=C(Cn1ccc2cccc(Cl)c21)N1CCN(c2ccc(S(=O)(=O)Nc3nccs3)cc2)C[C@@H]1CO.O=C(NN1CCC(c2ccc(S(=O)(=O)Nc3nccs3)cc2)CC1)c1ccc(Cl)c(Cl)c1.[HH].[HH].[HH].[HH].[HH].[HH].[HH]. The number of hydrazine groups is 1. The second-order valence-electron chi connectivity index (χ2n) is 24.6. The lowest BCUT2D eigenvalue weighted by Gasteiger charge is -2.42. The van der Waals surface area contributed by atoms with Crippen LogP contribution >= 0.6 is 57.5 Å². The molecule has 0 bridgehead atoms. The van der Waals surface area contributed by atoms with Gasteiger partial charge in [0, 0.05) is 120 Å². The topological polar surface area (TPSA) is 296 Å². The molecule has 32 heteroatoms. The first kappa shape index (κ1) is 73.7. The van der Waals surface area contributed by atoms with Gasteiger partial charge in [0.1, 0.15) is 24.7 Å². The highest BCUT2D eigenvalue weighted by Gasteiger charge is 2.33. The van der Waals surface area contributed by atoms with Crippen molar-refractivity contribution >= 4 is 149 Å². The molecule has 3 saturated heterocycles. The van der Waals surface area contributed by atoms with E-state index in [1.807, 2.05) is 110 Å². The molecule has 3 aliphatic rings. The standard InChI is InChI=1S/C26H27N5O3S.C24H24ClN5O4S2.C21H20Cl2N4O3S2.7H2/c1-19(31-17-13-22-4-2-3-5-24(22)31)26(32)30-15-11-21(12-16-30)20-6-8-23(9-7-20)35(33,34)29-25-10-14-27-18-28-25;25-21-3-1-2-17-8-10-29(23(17)21)15-22(32)30-12-11-28(14-19(30)16-31)18-4-6-20(7-5-18)36(33,34)27-24-26-9-13-35-24;22-18-6-3-16(13-19(18)23)20(28)25-27-10-7-15(8-11-27)14-1-4-17(5-2-14)32(29,30)26-21-24-9-12-31-21;;;;;;;/h2-10,13-14,17-19,21H,11-12,15-16H2,1H3,(H,27,28,29);1-10,13,19,31H,11-12,14-16H2,(H,26,27);1-6,9,12-13,15H,7-8,10-11H2,(H,24,26)(H,25,28);7*1H/t2*19-;;;;;;;;/m01......../s1. The maximum Gasteiger partial charge on any atom is 0.265 e. The number of para-hydroxylation sites is 2. The van der Waals surface area contributed by atoms with Gasteiger partial charge in [0.2, 0.25) is 11.8 Å². The van der Waals surface area contributed by atoms with Gasteiger partial charge in [-0.15, -0.1) is 22.7 Å². The van der Waals surface area contributed by atoms with E-state index in [9.17, 15) is 44.7 Å². The summed E-state index contributed by atoms with van der Waals surface area (Å²) in [6, 6.07) is 43.7. The average Bonchev–Trinajstić information content (AvgIpc) is 1.42. The van der Waals surface area contributed by atoms with Crippen molar-refractivity contribution in [1.29, 1.82) is 0 Å². The van der Waals surface area contributed by atoms with Crippen molar-refractivity contribution in [2.24, 2.45) is 0 Å². The number of rotatable bonds is 19. The fourth-order valence-electron chi connectivity index (χ4n) is 12.7. The van der Waals surface area contributed by atoms with Crippen LogP contribution in [-0.4, -0.2) is 150 Å². The van der Waals surface area contributed by atoms with Gasteiger partial charge >= 0.3 is 0 Å². The van der Waals surface area contributed by atoms with E-state index in [1.54, 1.807) is 82.5 Å². The second-order valence-corrected chi connectivity index (χ2v) is 32.7. The zero-order chi connectivity index (χ0) is 72.4. The number of nitrogens with zero attached hydrogens (tertiary/aromatic N) is 10. The van der Waals surface area contributed by atoms with Crippen LogP contribution in [0.15, 0.2) is 214 Å². The van der Waals surface area contributed by atoms with Crippen LogP contribution in [-0.2, 0) is 46.2 Å². The maximum atomic E-state index is 13.2. The summed E-state index contributed by atoms with van der Waals surface area (Å²) in [5.74, 6) is 0.598. The molecule has 8 heterocycles. The van der Waals surface area contributed by atoms with Crippen molar-refractivity contribution in [3.05, 3.63) is 231 Å². The molecule has 550 valence electrons. The van der Waals surface area contributed by atoms with Gasteiger partial charge < -0.3 is 28.9 Å². The summed E-state index contributed by atoms with van der Waals surface area (Å²) in [6.07, 6.45) is 13.0. The van der Waals surface area contributed by atoms with Crippen LogP contribution in [0.25, 0.3) is 21.8 Å². The summed E-state index contributed by atoms with van der Waals surface area (Å²) in [5.41, 5.74) is 8.21. The summed E-state index contributed by atoms with van der Waals surface area (Å²) in [5, 5.41) is 19.4. The van der Waals surface area contributed by atoms with Crippen molar-refractivity contribution < 1.29 is 54.7 Å². The molecule has 103 heavy (non-hydrogen) atoms. The third-order valence-electron chi connectivity index (χ3n) is 18.2. The number of piperazine rings is 1. The normalized spacial score (nSPS) is 15.9. The number of benzene rings is 6. The Labute approximate surface area is 629 Å². The molecule has 24 nitrogen and oxygen atoms in total. The monoisotopic (exact) mass is 1560 g/mol. The lowest BCUT2D eigenvalue weighted by atomic mass is 9.89. The van der Waals surface area contributed by atoms with Crippen LogP contribution < -0.4 is 24.5 Å². The van der Waals surface area contributed by atoms with E-state index in [2.05, 4.69) is 45.6 Å². The largest absolute Gasteiger partial charge is 0.394 e. The molecule has 0 saturated carbocycles. The Morgan fingerprint density at radius 1 is 0.602 bits per heavy atom. The highest BCUT2D eigenvalue weighted by molar-refractivity contribution is 7.93. The molecule has 0 spiro atoms. The van der Waals surface area contributed by atoms with Crippen molar-refractivity contribution in [3.8, 4) is 0 Å². The highest BCUT2D eigenvalue weighted by Crippen LogP contribution is 2.34. The molecule has 5 aromatic heterocycles. The molecule has 0 radical (unpaired) electrons. The van der Waals surface area contributed by atoms with E-state index in [4.69, 9.17) is 34.8 Å². The second kappa shape index (κ2) is 32.8. The predicted molar refractivity (Wildman–Crippen MR) is 417 cm³/mol. The number of amides is 3. The molecule has 6 aromatic carbocycles. The zero-order valence-electron chi connectivity index (χ0n) is 55.3. The van der Waals surface area contributed by atoms with Crippen LogP contribution in [0.1, 0.15) is 82.0 Å². The fourth-order valence-corrected chi connectivity index (χ4v) is 17.9. The molecule has 11 aromatic rings. The third-order valence-corrected chi connectivity index (χ3v) is 24.9. The van der Waals surface area contributed by atoms with Gasteiger partial charge in [0.05, 0.1) is 47.9 Å². The minimum absolute atomic E-state index is 0. The molecule has 14 rings (SSSR count). The number of piperidine rings is 2. The number of carbonyl (C=O) groups excluding carboxylic acids is 3. The Balaban J connectivity index is 0.000000287. The molecule has 3 aliphatic heterocycles. The van der Waals surface area contributed by atoms with Gasteiger partial charge in [0.25, 0.3) is 36.0 Å². The molecule has 3 fully saturated rings. The number of aromatic nitrogens is 6. The van der Waals surface area contributed by atoms with Gasteiger partial charge in [-0.25, -0.2) is 50.2 Å². The number of thiazole rings is 2. The van der Waals surface area contributed by atoms with Crippen LogP contribution in [0.5, 0.6) is 0 Å². The summed E-state index contributed by atoms with van der Waals surface area (Å²) in [6.45, 7) is 6.05. The van der Waals surface area contributed by atoms with E-state index in [0.29, 0.717) is 76.7 Å². The number of hydrogen-bond acceptors (Lipinski definition) is 18. The first-order valence-electron chi connectivity index (χ1n) is 32.8. The number of aliphatic hydroxyl groups excluding tert-OH is 1. The number of nitrogens with one attached hydrogen (secondary N) is 4. The van der Waals surface area contributed by atoms with Crippen molar-refractivity contribution in [2.75, 3.05) is 71.5 Å². The smallest absolute Gasteiger partial charge is 0.265 e. The van der Waals surface area contributed by atoms with Gasteiger partial charge in [-0.05, 0) is 158 Å². The third kappa shape index (κ3) is 18.0. The van der Waals surface area contributed by atoms with Gasteiger partial charge in [-0.3, -0.25) is 34.0 Å². The summed E-state index contributed by atoms with van der Waals surface area (Å²) >= 11 is 20.7. The number of hydrogen-bond donors (Lipinski definition) is 5. The Morgan fingerprint density at radius 3 is 1.77 bits per heavy atom. The van der Waals surface area contributed by atoms with Crippen molar-refractivity contribution in [1.82, 2.24) is 49.3 Å². The minimum Gasteiger partial charge on any atom is -0.394 e.